The molecule has 2 aromatic carbocycles. The Bertz CT molecular complexity index is 827. The van der Waals surface area contributed by atoms with Crippen LogP contribution in [0.15, 0.2) is 34.8 Å². The Kier molecular flexibility index (Phi) is 5.94. The summed E-state index contributed by atoms with van der Waals surface area (Å²) >= 11 is 9.57. The van der Waals surface area contributed by atoms with Crippen molar-refractivity contribution in [3.8, 4) is 17.2 Å². The molecule has 1 heterocycles. The number of amides is 1. The number of fused-ring (bicyclic) bond motifs is 1. The van der Waals surface area contributed by atoms with E-state index in [1.807, 2.05) is 18.2 Å². The Hall–Kier alpha value is -1.92. The first-order valence-electron chi connectivity index (χ1n) is 8.12. The third kappa shape index (κ3) is 4.24. The molecule has 0 bridgehead atoms. The van der Waals surface area contributed by atoms with E-state index in [0.29, 0.717) is 42.0 Å². The molecule has 26 heavy (non-hydrogen) atoms. The smallest absolute Gasteiger partial charge is 0.227 e. The zero-order valence-electron chi connectivity index (χ0n) is 14.6. The largest absolute Gasteiger partial charge is 0.496 e. The van der Waals surface area contributed by atoms with Crippen molar-refractivity contribution in [1.82, 2.24) is 4.90 Å². The maximum Gasteiger partial charge on any atom is 0.227 e. The highest BCUT2D eigenvalue weighted by Crippen LogP contribution is 2.36. The lowest BCUT2D eigenvalue weighted by atomic mass is 10.1. The van der Waals surface area contributed by atoms with Crippen molar-refractivity contribution in [1.29, 1.82) is 0 Å². The Labute approximate surface area is 165 Å². The average molecular weight is 441 g/mol. The van der Waals surface area contributed by atoms with Crippen molar-refractivity contribution in [2.45, 2.75) is 13.0 Å². The van der Waals surface area contributed by atoms with Crippen LogP contribution in [0.2, 0.25) is 5.02 Å². The molecule has 0 fully saturated rings. The van der Waals surface area contributed by atoms with Gasteiger partial charge in [0, 0.05) is 28.7 Å². The van der Waals surface area contributed by atoms with E-state index in [2.05, 4.69) is 15.9 Å². The monoisotopic (exact) mass is 439 g/mol. The normalized spacial score (nSPS) is 12.6. The molecule has 0 aromatic heterocycles. The fraction of sp³-hybridized carbons (Fsp3) is 0.316. The van der Waals surface area contributed by atoms with Crippen molar-refractivity contribution in [2.75, 3.05) is 27.4 Å². The number of hydrogen-bond donors (Lipinski definition) is 0. The van der Waals surface area contributed by atoms with Crippen LogP contribution >= 0.6 is 27.5 Å². The molecule has 1 aliphatic heterocycles. The van der Waals surface area contributed by atoms with Crippen molar-refractivity contribution in [2.24, 2.45) is 0 Å². The second kappa shape index (κ2) is 8.18. The minimum Gasteiger partial charge on any atom is -0.496 e. The van der Waals surface area contributed by atoms with E-state index >= 15 is 0 Å². The van der Waals surface area contributed by atoms with E-state index in [9.17, 15) is 4.79 Å². The number of hydrogen-bond acceptors (Lipinski definition) is 4. The van der Waals surface area contributed by atoms with Crippen LogP contribution in [0, 0.1) is 0 Å². The average Bonchev–Trinajstić information content (AvgIpc) is 2.62. The molecule has 0 radical (unpaired) electrons. The number of ether oxygens (including phenoxy) is 3. The minimum atomic E-state index is -0.0237. The molecule has 138 valence electrons. The maximum atomic E-state index is 12.7. The van der Waals surface area contributed by atoms with Crippen LogP contribution in [0.5, 0.6) is 17.2 Å². The molecule has 0 unspecified atom stereocenters. The van der Waals surface area contributed by atoms with E-state index in [-0.39, 0.29) is 12.3 Å². The Morgan fingerprint density at radius 3 is 2.58 bits per heavy atom. The van der Waals surface area contributed by atoms with Gasteiger partial charge in [0.15, 0.2) is 11.5 Å². The van der Waals surface area contributed by atoms with E-state index in [0.717, 1.165) is 15.6 Å². The van der Waals surface area contributed by atoms with Gasteiger partial charge in [0.25, 0.3) is 0 Å². The molecule has 2 aromatic rings. The van der Waals surface area contributed by atoms with E-state index in [1.54, 1.807) is 31.2 Å². The Morgan fingerprint density at radius 2 is 1.88 bits per heavy atom. The second-order valence-electron chi connectivity index (χ2n) is 5.97. The summed E-state index contributed by atoms with van der Waals surface area (Å²) in [5.74, 6) is 2.04. The summed E-state index contributed by atoms with van der Waals surface area (Å²) in [5, 5.41) is 0.608. The van der Waals surface area contributed by atoms with E-state index in [4.69, 9.17) is 25.8 Å². The number of methoxy groups -OCH3 is 1. The number of carbonyl (C=O) groups excluding carboxylic acids is 1. The number of halogens is 2. The van der Waals surface area contributed by atoms with Gasteiger partial charge >= 0.3 is 0 Å². The molecule has 0 saturated heterocycles. The van der Waals surface area contributed by atoms with Crippen molar-refractivity contribution < 1.29 is 19.0 Å². The fourth-order valence-corrected chi connectivity index (χ4v) is 3.41. The molecule has 0 aliphatic carbocycles. The van der Waals surface area contributed by atoms with E-state index < -0.39 is 0 Å². The third-order valence-corrected chi connectivity index (χ3v) is 5.10. The summed E-state index contributed by atoms with van der Waals surface area (Å²) in [6.45, 7) is 1.45. The Morgan fingerprint density at radius 1 is 1.19 bits per heavy atom. The molecule has 1 aliphatic rings. The third-order valence-electron chi connectivity index (χ3n) is 4.13. The van der Waals surface area contributed by atoms with Gasteiger partial charge in [-0.3, -0.25) is 4.79 Å². The van der Waals surface area contributed by atoms with Gasteiger partial charge in [0.05, 0.1) is 13.5 Å². The molecular formula is C19H19BrClNO4. The summed E-state index contributed by atoms with van der Waals surface area (Å²) in [6.07, 6.45) is 0.247. The van der Waals surface area contributed by atoms with Crippen molar-refractivity contribution in [3.63, 3.8) is 0 Å². The van der Waals surface area contributed by atoms with Crippen LogP contribution in [-0.2, 0) is 17.8 Å². The lowest BCUT2D eigenvalue weighted by Gasteiger charge is -2.22. The van der Waals surface area contributed by atoms with Crippen LogP contribution in [-0.4, -0.2) is 38.2 Å². The summed E-state index contributed by atoms with van der Waals surface area (Å²) in [7, 11) is 3.36. The van der Waals surface area contributed by atoms with Gasteiger partial charge in [-0.2, -0.15) is 0 Å². The summed E-state index contributed by atoms with van der Waals surface area (Å²) in [5.41, 5.74) is 1.71. The number of nitrogens with zero attached hydrogens (tertiary/aromatic N) is 1. The second-order valence-corrected chi connectivity index (χ2v) is 7.26. The minimum absolute atomic E-state index is 0.0237. The molecule has 0 N–H and O–H groups in total. The summed E-state index contributed by atoms with van der Waals surface area (Å²) in [6, 6.07) is 9.07. The molecule has 3 rings (SSSR count). The number of rotatable bonds is 5. The van der Waals surface area contributed by atoms with Crippen LogP contribution in [0.25, 0.3) is 0 Å². The van der Waals surface area contributed by atoms with Crippen LogP contribution in [0.3, 0.4) is 0 Å². The predicted octanol–water partition coefficient (Wildman–Crippen LogP) is 4.08. The zero-order chi connectivity index (χ0) is 18.7. The molecule has 0 saturated carbocycles. The first kappa shape index (κ1) is 18.9. The van der Waals surface area contributed by atoms with Crippen LogP contribution in [0.4, 0.5) is 0 Å². The summed E-state index contributed by atoms with van der Waals surface area (Å²) in [4.78, 5) is 14.3. The summed E-state index contributed by atoms with van der Waals surface area (Å²) < 4.78 is 17.3. The highest BCUT2D eigenvalue weighted by Gasteiger charge is 2.19. The quantitative estimate of drug-likeness (QED) is 0.703. The maximum absolute atomic E-state index is 12.7. The van der Waals surface area contributed by atoms with Crippen molar-refractivity contribution in [3.05, 3.63) is 51.0 Å². The van der Waals surface area contributed by atoms with Gasteiger partial charge in [0.1, 0.15) is 19.0 Å². The highest BCUT2D eigenvalue weighted by atomic mass is 79.9. The predicted molar refractivity (Wildman–Crippen MR) is 103 cm³/mol. The van der Waals surface area contributed by atoms with Crippen molar-refractivity contribution >= 4 is 33.4 Å². The molecular weight excluding hydrogens is 422 g/mol. The van der Waals surface area contributed by atoms with Gasteiger partial charge in [-0.05, 0) is 35.9 Å². The first-order valence-corrected chi connectivity index (χ1v) is 9.29. The number of carbonyl (C=O) groups is 1. The molecule has 0 spiro atoms. The Balaban J connectivity index is 1.73. The SMILES string of the molecule is COc1ccc(Cl)cc1CN(C)C(=O)Cc1cc2c(cc1Br)OCCO2. The topological polar surface area (TPSA) is 48.0 Å². The van der Waals surface area contributed by atoms with Crippen LogP contribution < -0.4 is 14.2 Å². The van der Waals surface area contributed by atoms with Gasteiger partial charge in [-0.25, -0.2) is 0 Å². The van der Waals surface area contributed by atoms with E-state index in [1.165, 1.54) is 0 Å². The molecule has 7 heteroatoms. The van der Waals surface area contributed by atoms with Gasteiger partial charge < -0.3 is 19.1 Å². The zero-order valence-corrected chi connectivity index (χ0v) is 16.9. The van der Waals surface area contributed by atoms with Gasteiger partial charge in [-0.15, -0.1) is 0 Å². The lowest BCUT2D eigenvalue weighted by molar-refractivity contribution is -0.129. The first-order chi connectivity index (χ1) is 12.5. The standard InChI is InChI=1S/C19H19BrClNO4/c1-22(11-13-7-14(21)3-4-16(13)24-2)19(23)9-12-8-17-18(10-15(12)20)26-6-5-25-17/h3-4,7-8,10H,5-6,9,11H2,1-2H3. The molecule has 0 atom stereocenters. The molecule has 1 amide bonds. The number of likely N-dealkylation sites (N-methyl/N-ethyl adjacent to an activating group) is 1. The van der Waals surface area contributed by atoms with Gasteiger partial charge in [-0.1, -0.05) is 27.5 Å². The van der Waals surface area contributed by atoms with Crippen LogP contribution in [0.1, 0.15) is 11.1 Å². The van der Waals surface area contributed by atoms with Gasteiger partial charge in [0.2, 0.25) is 5.91 Å². The molecule has 5 nitrogen and oxygen atoms in total. The lowest BCUT2D eigenvalue weighted by Crippen LogP contribution is -2.28. The number of benzene rings is 2. The fourth-order valence-electron chi connectivity index (χ4n) is 2.75. The highest BCUT2D eigenvalue weighted by molar-refractivity contribution is 9.10.